The summed E-state index contributed by atoms with van der Waals surface area (Å²) >= 11 is 0. The second-order valence-electron chi connectivity index (χ2n) is 8.53. The highest BCUT2D eigenvalue weighted by Gasteiger charge is 2.42. The Bertz CT molecular complexity index is 864. The normalized spacial score (nSPS) is 23.0. The zero-order valence-electron chi connectivity index (χ0n) is 17.4. The van der Waals surface area contributed by atoms with Gasteiger partial charge in [0.2, 0.25) is 0 Å². The van der Waals surface area contributed by atoms with Crippen LogP contribution in [0.4, 0.5) is 0 Å². The zero-order chi connectivity index (χ0) is 20.9. The molecule has 5 heteroatoms. The number of hydrogen-bond acceptors (Lipinski definition) is 4. The van der Waals surface area contributed by atoms with E-state index in [-0.39, 0.29) is 25.2 Å². The number of hydrogen-bond donors (Lipinski definition) is 1. The van der Waals surface area contributed by atoms with Gasteiger partial charge in [0.1, 0.15) is 5.75 Å². The van der Waals surface area contributed by atoms with Crippen LogP contribution in [0.1, 0.15) is 32.6 Å². The maximum atomic E-state index is 12.1. The van der Waals surface area contributed by atoms with Crippen molar-refractivity contribution in [3.63, 3.8) is 0 Å². The van der Waals surface area contributed by atoms with Crippen molar-refractivity contribution >= 4 is 11.9 Å². The molecule has 0 unspecified atom stereocenters. The first-order valence-corrected chi connectivity index (χ1v) is 10.8. The third kappa shape index (κ3) is 5.02. The number of esters is 1. The predicted octanol–water partition coefficient (Wildman–Crippen LogP) is 4.22. The number of nitrogens with one attached hydrogen (secondary N) is 1. The molecule has 2 bridgehead atoms. The molecular weight excluding hydrogens is 378 g/mol. The van der Waals surface area contributed by atoms with Crippen molar-refractivity contribution in [3.8, 4) is 16.9 Å². The lowest BCUT2D eigenvalue weighted by molar-refractivity contribution is -0.150. The monoisotopic (exact) mass is 407 g/mol. The number of amides is 1. The smallest absolute Gasteiger partial charge is 0.344 e. The molecule has 0 saturated heterocycles. The molecular formula is C25H29NO4. The summed E-state index contributed by atoms with van der Waals surface area (Å²) in [6.07, 6.45) is 5.15. The Hall–Kier alpha value is -2.82. The van der Waals surface area contributed by atoms with Crippen LogP contribution < -0.4 is 10.1 Å². The van der Waals surface area contributed by atoms with Crippen LogP contribution in [-0.2, 0) is 14.3 Å². The van der Waals surface area contributed by atoms with E-state index >= 15 is 0 Å². The molecule has 1 amide bonds. The summed E-state index contributed by atoms with van der Waals surface area (Å²) in [5.74, 6) is 1.94. The molecule has 2 aliphatic carbocycles. The Morgan fingerprint density at radius 1 is 0.967 bits per heavy atom. The first-order valence-electron chi connectivity index (χ1n) is 10.8. The second-order valence-corrected chi connectivity index (χ2v) is 8.53. The van der Waals surface area contributed by atoms with Crippen molar-refractivity contribution in [1.29, 1.82) is 0 Å². The van der Waals surface area contributed by atoms with E-state index in [4.69, 9.17) is 9.47 Å². The molecule has 0 radical (unpaired) electrons. The van der Waals surface area contributed by atoms with Gasteiger partial charge >= 0.3 is 5.97 Å². The fourth-order valence-electron chi connectivity index (χ4n) is 5.01. The minimum Gasteiger partial charge on any atom is -0.482 e. The van der Waals surface area contributed by atoms with Gasteiger partial charge < -0.3 is 14.8 Å². The lowest BCUT2D eigenvalue weighted by Gasteiger charge is -2.28. The number of carbonyl (C=O) groups is 2. The van der Waals surface area contributed by atoms with E-state index in [0.29, 0.717) is 11.7 Å². The van der Waals surface area contributed by atoms with Crippen molar-refractivity contribution in [2.75, 3.05) is 13.2 Å². The third-order valence-corrected chi connectivity index (χ3v) is 6.51. The van der Waals surface area contributed by atoms with Gasteiger partial charge in [-0.05, 0) is 67.2 Å². The molecule has 2 aliphatic rings. The largest absolute Gasteiger partial charge is 0.482 e. The van der Waals surface area contributed by atoms with Crippen LogP contribution in [0.15, 0.2) is 54.6 Å². The molecule has 0 aromatic heterocycles. The number of carbonyl (C=O) groups excluding carboxylic acids is 2. The Balaban J connectivity index is 1.16. The number of fused-ring (bicyclic) bond motifs is 2. The summed E-state index contributed by atoms with van der Waals surface area (Å²) < 4.78 is 10.5. The van der Waals surface area contributed by atoms with Crippen molar-refractivity contribution in [3.05, 3.63) is 54.6 Å². The fraction of sp³-hybridized carbons (Fsp3) is 0.440. The van der Waals surface area contributed by atoms with Crippen molar-refractivity contribution in [2.24, 2.45) is 17.8 Å². The molecule has 2 saturated carbocycles. The molecule has 2 aromatic rings. The first-order chi connectivity index (χ1) is 14.6. The van der Waals surface area contributed by atoms with Gasteiger partial charge in [-0.1, -0.05) is 48.9 Å². The number of rotatable bonds is 8. The van der Waals surface area contributed by atoms with E-state index in [9.17, 15) is 9.59 Å². The average Bonchev–Trinajstić information content (AvgIpc) is 3.41. The maximum absolute atomic E-state index is 12.1. The molecule has 0 spiro atoms. The van der Waals surface area contributed by atoms with E-state index in [1.165, 1.54) is 25.7 Å². The van der Waals surface area contributed by atoms with Crippen LogP contribution in [0.2, 0.25) is 0 Å². The molecule has 0 aliphatic heterocycles. The lowest BCUT2D eigenvalue weighted by atomic mass is 9.84. The summed E-state index contributed by atoms with van der Waals surface area (Å²) in [6, 6.07) is 17.7. The van der Waals surface area contributed by atoms with E-state index < -0.39 is 5.97 Å². The molecule has 2 fully saturated rings. The summed E-state index contributed by atoms with van der Waals surface area (Å²) in [6.45, 7) is 1.58. The van der Waals surface area contributed by atoms with E-state index in [2.05, 4.69) is 12.2 Å². The van der Waals surface area contributed by atoms with Gasteiger partial charge in [0.05, 0.1) is 0 Å². The van der Waals surface area contributed by atoms with Crippen LogP contribution in [0.25, 0.3) is 11.1 Å². The molecule has 158 valence electrons. The quantitative estimate of drug-likeness (QED) is 0.666. The summed E-state index contributed by atoms with van der Waals surface area (Å²) in [4.78, 5) is 24.1. The van der Waals surface area contributed by atoms with E-state index in [1.54, 1.807) is 0 Å². The molecule has 4 atom stereocenters. The highest BCUT2D eigenvalue weighted by Crippen LogP contribution is 2.49. The third-order valence-electron chi connectivity index (χ3n) is 6.51. The topological polar surface area (TPSA) is 64.6 Å². The van der Waals surface area contributed by atoms with Crippen molar-refractivity contribution in [2.45, 2.75) is 38.6 Å². The Morgan fingerprint density at radius 3 is 2.37 bits per heavy atom. The van der Waals surface area contributed by atoms with Crippen LogP contribution in [-0.4, -0.2) is 31.1 Å². The minimum atomic E-state index is -0.551. The highest BCUT2D eigenvalue weighted by molar-refractivity contribution is 5.81. The van der Waals surface area contributed by atoms with E-state index in [1.807, 2.05) is 54.6 Å². The maximum Gasteiger partial charge on any atom is 0.344 e. The van der Waals surface area contributed by atoms with Crippen molar-refractivity contribution < 1.29 is 19.1 Å². The van der Waals surface area contributed by atoms with E-state index in [0.717, 1.165) is 23.0 Å². The van der Waals surface area contributed by atoms with Crippen LogP contribution in [0.5, 0.6) is 5.75 Å². The fourth-order valence-corrected chi connectivity index (χ4v) is 5.01. The second kappa shape index (κ2) is 9.33. The van der Waals surface area contributed by atoms with Gasteiger partial charge in [-0.25, -0.2) is 4.79 Å². The van der Waals surface area contributed by atoms with Crippen LogP contribution in [0.3, 0.4) is 0 Å². The Kier molecular flexibility index (Phi) is 6.36. The van der Waals surface area contributed by atoms with Gasteiger partial charge in [-0.2, -0.15) is 0 Å². The zero-order valence-corrected chi connectivity index (χ0v) is 17.4. The van der Waals surface area contributed by atoms with Crippen LogP contribution in [0, 0.1) is 17.8 Å². The van der Waals surface area contributed by atoms with Gasteiger partial charge in [0.25, 0.3) is 5.91 Å². The van der Waals surface area contributed by atoms with Crippen LogP contribution >= 0.6 is 0 Å². The minimum absolute atomic E-state index is 0.130. The highest BCUT2D eigenvalue weighted by atomic mass is 16.6. The average molecular weight is 408 g/mol. The summed E-state index contributed by atoms with van der Waals surface area (Å²) in [7, 11) is 0. The van der Waals surface area contributed by atoms with Gasteiger partial charge in [-0.3, -0.25) is 4.79 Å². The van der Waals surface area contributed by atoms with Gasteiger partial charge in [0, 0.05) is 6.04 Å². The predicted molar refractivity (Wildman–Crippen MR) is 115 cm³/mol. The van der Waals surface area contributed by atoms with Gasteiger partial charge in [0.15, 0.2) is 13.2 Å². The lowest BCUT2D eigenvalue weighted by Crippen LogP contribution is -2.42. The molecule has 2 aromatic carbocycles. The number of benzene rings is 2. The van der Waals surface area contributed by atoms with Crippen molar-refractivity contribution in [1.82, 2.24) is 5.32 Å². The first kappa shape index (κ1) is 20.5. The summed E-state index contributed by atoms with van der Waals surface area (Å²) in [5.41, 5.74) is 2.20. The summed E-state index contributed by atoms with van der Waals surface area (Å²) in [5, 5.41) is 3.00. The van der Waals surface area contributed by atoms with Gasteiger partial charge in [-0.15, -0.1) is 0 Å². The molecule has 0 heterocycles. The standard InChI is InChI=1S/C25H29NO4/c1-17(23-14-18-7-8-21(23)13-18)26-24(27)15-30-25(28)16-29-22-11-9-20(10-12-22)19-5-3-2-4-6-19/h2-6,9-12,17-18,21,23H,7-8,13-16H2,1H3,(H,26,27)/t17-,18+,21+,23-/m1/s1. The molecule has 5 nitrogen and oxygen atoms in total. The molecule has 1 N–H and O–H groups in total. The Labute approximate surface area is 177 Å². The Morgan fingerprint density at radius 2 is 1.70 bits per heavy atom. The molecule has 4 rings (SSSR count). The molecule has 30 heavy (non-hydrogen) atoms. The number of ether oxygens (including phenoxy) is 2. The SMILES string of the molecule is C[C@@H](NC(=O)COC(=O)COc1ccc(-c2ccccc2)cc1)[C@H]1C[C@H]2CC[C@H]1C2.